The fourth-order valence-corrected chi connectivity index (χ4v) is 5.63. The van der Waals surface area contributed by atoms with Gasteiger partial charge in [0.25, 0.3) is 10.2 Å². The number of carbonyl (C=O) groups is 1. The Bertz CT molecular complexity index is 866. The number of hydrogen-bond acceptors (Lipinski definition) is 6. The van der Waals surface area contributed by atoms with Gasteiger partial charge in [-0.2, -0.15) is 17.0 Å². The average Bonchev–Trinajstić information content (AvgIpc) is 2.71. The minimum atomic E-state index is -3.64. The first kappa shape index (κ1) is 23.7. The molecule has 11 heteroatoms. The molecule has 1 fully saturated rings. The summed E-state index contributed by atoms with van der Waals surface area (Å²) < 4.78 is 57.6. The molecule has 164 valence electrons. The molecular weight excluding hydrogens is 418 g/mol. The van der Waals surface area contributed by atoms with Crippen molar-refractivity contribution in [2.45, 2.75) is 30.2 Å². The summed E-state index contributed by atoms with van der Waals surface area (Å²) >= 11 is 0. The second-order valence-electron chi connectivity index (χ2n) is 6.98. The molecule has 0 spiro atoms. The summed E-state index contributed by atoms with van der Waals surface area (Å²) in [7, 11) is -4.25. The molecule has 1 aliphatic rings. The molecule has 1 saturated heterocycles. The van der Waals surface area contributed by atoms with E-state index in [1.165, 1.54) is 30.5 Å². The summed E-state index contributed by atoms with van der Waals surface area (Å²) in [6, 6.07) is 7.77. The maximum absolute atomic E-state index is 12.6. The number of rotatable bonds is 10. The molecule has 1 amide bonds. The van der Waals surface area contributed by atoms with Crippen LogP contribution in [0.25, 0.3) is 0 Å². The lowest BCUT2D eigenvalue weighted by atomic mass is 10.1. The van der Waals surface area contributed by atoms with E-state index in [1.54, 1.807) is 18.2 Å². The minimum absolute atomic E-state index is 0.106. The zero-order chi connectivity index (χ0) is 21.5. The largest absolute Gasteiger partial charge is 0.381 e. The van der Waals surface area contributed by atoms with Crippen molar-refractivity contribution in [2.75, 3.05) is 46.2 Å². The van der Waals surface area contributed by atoms with Gasteiger partial charge < -0.3 is 10.1 Å². The normalized spacial score (nSPS) is 16.3. The van der Waals surface area contributed by atoms with Gasteiger partial charge >= 0.3 is 0 Å². The Balaban J connectivity index is 1.89. The van der Waals surface area contributed by atoms with Gasteiger partial charge in [0.05, 0.1) is 10.6 Å². The van der Waals surface area contributed by atoms with Gasteiger partial charge in [-0.25, -0.2) is 8.42 Å². The fraction of sp³-hybridized carbons (Fsp3) is 0.611. The molecule has 2 rings (SSSR count). The Kier molecular flexibility index (Phi) is 8.58. The maximum Gasteiger partial charge on any atom is 0.281 e. The summed E-state index contributed by atoms with van der Waals surface area (Å²) in [6.45, 7) is 1.21. The predicted octanol–water partition coefficient (Wildman–Crippen LogP) is 0.254. The van der Waals surface area contributed by atoms with Crippen molar-refractivity contribution in [3.8, 4) is 0 Å². The molecule has 0 aromatic heterocycles. The molecule has 0 bridgehead atoms. The van der Waals surface area contributed by atoms with Gasteiger partial charge in [-0.3, -0.25) is 4.79 Å². The van der Waals surface area contributed by atoms with E-state index >= 15 is 0 Å². The van der Waals surface area contributed by atoms with Gasteiger partial charge in [-0.1, -0.05) is 18.2 Å². The monoisotopic (exact) mass is 447 g/mol. The first-order valence-electron chi connectivity index (χ1n) is 9.46. The summed E-state index contributed by atoms with van der Waals surface area (Å²) in [6.07, 6.45) is 1.00. The van der Waals surface area contributed by atoms with Crippen LogP contribution in [0.5, 0.6) is 0 Å². The highest BCUT2D eigenvalue weighted by atomic mass is 32.2. The van der Waals surface area contributed by atoms with E-state index in [9.17, 15) is 21.6 Å². The van der Waals surface area contributed by atoms with Crippen LogP contribution in [0.3, 0.4) is 0 Å². The van der Waals surface area contributed by atoms with Gasteiger partial charge in [0.1, 0.15) is 0 Å². The molecule has 1 aromatic carbocycles. The fourth-order valence-electron chi connectivity index (χ4n) is 3.04. The molecule has 1 aromatic rings. The Morgan fingerprint density at radius 2 is 1.72 bits per heavy atom. The van der Waals surface area contributed by atoms with Gasteiger partial charge in [0.15, 0.2) is 9.84 Å². The van der Waals surface area contributed by atoms with E-state index in [2.05, 4.69) is 5.32 Å². The van der Waals surface area contributed by atoms with Crippen LogP contribution in [0.2, 0.25) is 0 Å². The minimum Gasteiger partial charge on any atom is -0.381 e. The van der Waals surface area contributed by atoms with Crippen LogP contribution in [0.4, 0.5) is 0 Å². The highest BCUT2D eigenvalue weighted by Crippen LogP contribution is 2.19. The highest BCUT2D eigenvalue weighted by molar-refractivity contribution is 7.91. The Morgan fingerprint density at radius 1 is 1.10 bits per heavy atom. The predicted molar refractivity (Wildman–Crippen MR) is 109 cm³/mol. The topological polar surface area (TPSA) is 113 Å². The zero-order valence-corrected chi connectivity index (χ0v) is 18.4. The summed E-state index contributed by atoms with van der Waals surface area (Å²) in [5.41, 5.74) is 0. The van der Waals surface area contributed by atoms with Crippen molar-refractivity contribution < 1.29 is 26.4 Å². The molecule has 1 N–H and O–H groups in total. The number of amides is 1. The van der Waals surface area contributed by atoms with Gasteiger partial charge in [0, 0.05) is 52.9 Å². The third-order valence-electron chi connectivity index (χ3n) is 4.71. The van der Waals surface area contributed by atoms with Crippen LogP contribution < -0.4 is 5.32 Å². The van der Waals surface area contributed by atoms with Crippen molar-refractivity contribution in [3.63, 3.8) is 0 Å². The Labute approximate surface area is 173 Å². The van der Waals surface area contributed by atoms with Crippen molar-refractivity contribution in [3.05, 3.63) is 30.3 Å². The second kappa shape index (κ2) is 10.5. The lowest BCUT2D eigenvalue weighted by molar-refractivity contribution is -0.120. The Morgan fingerprint density at radius 3 is 2.31 bits per heavy atom. The van der Waals surface area contributed by atoms with Crippen molar-refractivity contribution >= 4 is 26.0 Å². The lowest BCUT2D eigenvalue weighted by Crippen LogP contribution is -2.50. The third-order valence-corrected chi connectivity index (χ3v) is 8.44. The van der Waals surface area contributed by atoms with Crippen LogP contribution in [0.1, 0.15) is 19.3 Å². The van der Waals surface area contributed by atoms with Crippen molar-refractivity contribution in [2.24, 2.45) is 0 Å². The maximum atomic E-state index is 12.6. The van der Waals surface area contributed by atoms with Gasteiger partial charge in [-0.05, 0) is 25.0 Å². The highest BCUT2D eigenvalue weighted by Gasteiger charge is 2.32. The number of nitrogens with one attached hydrogen (secondary N) is 1. The van der Waals surface area contributed by atoms with Crippen LogP contribution in [-0.2, 0) is 29.6 Å². The summed E-state index contributed by atoms with van der Waals surface area (Å²) in [4.78, 5) is 12.3. The quantitative estimate of drug-likeness (QED) is 0.550. The number of nitrogens with zero attached hydrogens (tertiary/aromatic N) is 2. The molecule has 1 aliphatic heterocycles. The molecule has 0 radical (unpaired) electrons. The van der Waals surface area contributed by atoms with Crippen LogP contribution in [0, 0.1) is 0 Å². The molecule has 0 saturated carbocycles. The van der Waals surface area contributed by atoms with Crippen LogP contribution in [-0.4, -0.2) is 83.5 Å². The smallest absolute Gasteiger partial charge is 0.281 e. The number of benzene rings is 1. The van der Waals surface area contributed by atoms with E-state index in [1.807, 2.05) is 0 Å². The lowest BCUT2D eigenvalue weighted by Gasteiger charge is -2.34. The molecule has 29 heavy (non-hydrogen) atoms. The van der Waals surface area contributed by atoms with Crippen LogP contribution in [0.15, 0.2) is 35.2 Å². The van der Waals surface area contributed by atoms with E-state index in [0.717, 1.165) is 4.31 Å². The summed E-state index contributed by atoms with van der Waals surface area (Å²) in [5.74, 6) is -0.735. The number of ether oxygens (including phenoxy) is 1. The number of hydrogen-bond donors (Lipinski definition) is 1. The van der Waals surface area contributed by atoms with E-state index < -0.39 is 26.0 Å². The van der Waals surface area contributed by atoms with Gasteiger partial charge in [0.2, 0.25) is 5.91 Å². The second-order valence-corrected chi connectivity index (χ2v) is 11.2. The molecule has 0 aliphatic carbocycles. The van der Waals surface area contributed by atoms with Crippen molar-refractivity contribution in [1.82, 2.24) is 13.9 Å². The SMILES string of the molecule is CN(C)S(=O)(=O)N(CCNC(=O)CCS(=O)(=O)c1ccccc1)C1CCOCC1. The average molecular weight is 448 g/mol. The number of sulfone groups is 1. The molecule has 9 nitrogen and oxygen atoms in total. The van der Waals surface area contributed by atoms with E-state index in [4.69, 9.17) is 4.74 Å². The number of carbonyl (C=O) groups excluding carboxylic acids is 1. The zero-order valence-electron chi connectivity index (χ0n) is 16.8. The molecule has 0 atom stereocenters. The third kappa shape index (κ3) is 6.75. The van der Waals surface area contributed by atoms with Crippen LogP contribution >= 0.6 is 0 Å². The standard InChI is InChI=1S/C18H29N3O6S2/c1-20(2)29(25,26)21(16-8-13-27-14-9-16)12-11-19-18(22)10-15-28(23,24)17-6-4-3-5-7-17/h3-7,16H,8-15H2,1-2H3,(H,19,22). The Hall–Kier alpha value is -1.53. The van der Waals surface area contributed by atoms with E-state index in [0.29, 0.717) is 26.1 Å². The first-order chi connectivity index (χ1) is 13.6. The molecular formula is C18H29N3O6S2. The molecule has 0 unspecified atom stereocenters. The molecule has 1 heterocycles. The van der Waals surface area contributed by atoms with Crippen molar-refractivity contribution in [1.29, 1.82) is 0 Å². The summed E-state index contributed by atoms with van der Waals surface area (Å²) in [5, 5.41) is 2.63. The van der Waals surface area contributed by atoms with E-state index in [-0.39, 0.29) is 36.2 Å². The van der Waals surface area contributed by atoms with Gasteiger partial charge in [-0.15, -0.1) is 0 Å². The first-order valence-corrected chi connectivity index (χ1v) is 12.5.